The maximum atomic E-state index is 5.27. The summed E-state index contributed by atoms with van der Waals surface area (Å²) in [5.41, 5.74) is 7.12. The van der Waals surface area contributed by atoms with Crippen LogP contribution in [0.15, 0.2) is 54.1 Å². The third-order valence-electron chi connectivity index (χ3n) is 4.75. The van der Waals surface area contributed by atoms with Crippen molar-refractivity contribution in [2.75, 3.05) is 12.4 Å². The summed E-state index contributed by atoms with van der Waals surface area (Å²) in [6.07, 6.45) is 4.68. The summed E-state index contributed by atoms with van der Waals surface area (Å²) < 4.78 is 5.27. The fourth-order valence-corrected chi connectivity index (χ4v) is 3.69. The van der Waals surface area contributed by atoms with E-state index in [1.807, 2.05) is 12.1 Å². The number of methoxy groups -OCH3 is 1. The van der Waals surface area contributed by atoms with Gasteiger partial charge in [-0.15, -0.1) is 0 Å². The molecule has 3 rings (SSSR count). The van der Waals surface area contributed by atoms with Crippen LogP contribution < -0.4 is 10.1 Å². The van der Waals surface area contributed by atoms with Crippen molar-refractivity contribution in [1.29, 1.82) is 0 Å². The van der Waals surface area contributed by atoms with Crippen LogP contribution >= 0.6 is 0 Å². The number of benzene rings is 2. The molecule has 1 atom stereocenters. The fourth-order valence-electron chi connectivity index (χ4n) is 3.69. The van der Waals surface area contributed by atoms with E-state index in [0.29, 0.717) is 0 Å². The van der Waals surface area contributed by atoms with Crippen molar-refractivity contribution in [3.05, 3.63) is 65.2 Å². The molecule has 126 valence electrons. The summed E-state index contributed by atoms with van der Waals surface area (Å²) in [5, 5.41) is 3.76. The Labute approximate surface area is 145 Å². The molecule has 1 aliphatic rings. The summed E-state index contributed by atoms with van der Waals surface area (Å²) in [7, 11) is 1.70. The molecule has 1 N–H and O–H groups in total. The lowest BCUT2D eigenvalue weighted by molar-refractivity contribution is 0.415. The van der Waals surface area contributed by atoms with E-state index in [-0.39, 0.29) is 6.04 Å². The number of rotatable bonds is 7. The van der Waals surface area contributed by atoms with Gasteiger partial charge in [0.2, 0.25) is 0 Å². The van der Waals surface area contributed by atoms with Crippen molar-refractivity contribution < 1.29 is 4.74 Å². The number of hydrogen-bond acceptors (Lipinski definition) is 2. The lowest BCUT2D eigenvalue weighted by Crippen LogP contribution is -2.11. The van der Waals surface area contributed by atoms with Crippen LogP contribution in [0.4, 0.5) is 5.69 Å². The molecule has 0 saturated carbocycles. The molecule has 0 aliphatic heterocycles. The second-order valence-electron chi connectivity index (χ2n) is 6.40. The molecule has 0 amide bonds. The van der Waals surface area contributed by atoms with Crippen LogP contribution in [0.1, 0.15) is 56.7 Å². The average Bonchev–Trinajstić information content (AvgIpc) is 2.90. The molecule has 0 radical (unpaired) electrons. The van der Waals surface area contributed by atoms with Crippen molar-refractivity contribution in [1.82, 2.24) is 0 Å². The zero-order valence-corrected chi connectivity index (χ0v) is 14.9. The third-order valence-corrected chi connectivity index (χ3v) is 4.75. The first-order valence-corrected chi connectivity index (χ1v) is 9.00. The molecule has 0 saturated heterocycles. The van der Waals surface area contributed by atoms with Crippen molar-refractivity contribution in [2.45, 2.75) is 45.6 Å². The number of allylic oxidation sites excluding steroid dienone is 1. The van der Waals surface area contributed by atoms with Gasteiger partial charge < -0.3 is 10.1 Å². The second kappa shape index (κ2) is 7.57. The molecule has 0 bridgehead atoms. The first kappa shape index (κ1) is 16.6. The van der Waals surface area contributed by atoms with Gasteiger partial charge in [0, 0.05) is 5.69 Å². The molecule has 0 aromatic heterocycles. The van der Waals surface area contributed by atoms with Crippen LogP contribution in [0, 0.1) is 0 Å². The van der Waals surface area contributed by atoms with Crippen LogP contribution in [0.3, 0.4) is 0 Å². The molecular weight excluding hydrogens is 294 g/mol. The quantitative estimate of drug-likeness (QED) is 0.654. The Bertz CT molecular complexity index is 715. The highest BCUT2D eigenvalue weighted by Crippen LogP contribution is 2.45. The Morgan fingerprint density at radius 2 is 1.62 bits per heavy atom. The Kier molecular flexibility index (Phi) is 5.24. The van der Waals surface area contributed by atoms with Crippen LogP contribution in [-0.4, -0.2) is 7.11 Å². The first-order chi connectivity index (χ1) is 11.8. The van der Waals surface area contributed by atoms with Gasteiger partial charge in [0.05, 0.1) is 13.2 Å². The molecular formula is C22H27NO. The summed E-state index contributed by atoms with van der Waals surface area (Å²) in [4.78, 5) is 0. The first-order valence-electron chi connectivity index (χ1n) is 9.00. The van der Waals surface area contributed by atoms with Gasteiger partial charge in [-0.25, -0.2) is 0 Å². The molecule has 2 heteroatoms. The Morgan fingerprint density at radius 3 is 2.29 bits per heavy atom. The van der Waals surface area contributed by atoms with Gasteiger partial charge >= 0.3 is 0 Å². The van der Waals surface area contributed by atoms with Crippen LogP contribution in [0.2, 0.25) is 0 Å². The van der Waals surface area contributed by atoms with Gasteiger partial charge in [-0.3, -0.25) is 0 Å². The number of hydrogen-bond donors (Lipinski definition) is 1. The van der Waals surface area contributed by atoms with Crippen molar-refractivity contribution in [3.8, 4) is 5.75 Å². The van der Waals surface area contributed by atoms with Gasteiger partial charge in [0.25, 0.3) is 0 Å². The van der Waals surface area contributed by atoms with Crippen molar-refractivity contribution in [2.24, 2.45) is 0 Å². The minimum absolute atomic E-state index is 0.288. The maximum Gasteiger partial charge on any atom is 0.119 e. The predicted molar refractivity (Wildman–Crippen MR) is 103 cm³/mol. The number of anilines is 1. The number of fused-ring (bicyclic) bond motifs is 1. The zero-order chi connectivity index (χ0) is 16.9. The molecule has 1 unspecified atom stereocenters. The van der Waals surface area contributed by atoms with Gasteiger partial charge in [-0.05, 0) is 59.4 Å². The van der Waals surface area contributed by atoms with Crippen molar-refractivity contribution >= 4 is 11.3 Å². The topological polar surface area (TPSA) is 21.3 Å². The average molecular weight is 321 g/mol. The predicted octanol–water partition coefficient (Wildman–Crippen LogP) is 6.22. The lowest BCUT2D eigenvalue weighted by atomic mass is 9.98. The fraction of sp³-hybridized carbons (Fsp3) is 0.364. The van der Waals surface area contributed by atoms with E-state index in [9.17, 15) is 0 Å². The van der Waals surface area contributed by atoms with Gasteiger partial charge in [-0.2, -0.15) is 0 Å². The smallest absolute Gasteiger partial charge is 0.119 e. The van der Waals surface area contributed by atoms with Crippen LogP contribution in [-0.2, 0) is 0 Å². The normalized spacial score (nSPS) is 16.2. The van der Waals surface area contributed by atoms with Gasteiger partial charge in [0.1, 0.15) is 5.75 Å². The van der Waals surface area contributed by atoms with E-state index < -0.39 is 0 Å². The van der Waals surface area contributed by atoms with Gasteiger partial charge in [-0.1, -0.05) is 51.0 Å². The summed E-state index contributed by atoms with van der Waals surface area (Å²) >= 11 is 0. The molecule has 2 nitrogen and oxygen atoms in total. The highest BCUT2D eigenvalue weighted by Gasteiger charge is 2.29. The molecule has 2 aromatic carbocycles. The number of ether oxygens (including phenoxy) is 1. The summed E-state index contributed by atoms with van der Waals surface area (Å²) in [5.74, 6) is 0.892. The van der Waals surface area contributed by atoms with E-state index in [4.69, 9.17) is 4.74 Å². The standard InChI is InChI=1S/C22H27NO/c1-4-8-18-19-10-6-7-11-21(19)22(20(18)9-5-2)23-16-12-14-17(24-3)15-13-16/h6-7,10-15,22-23H,4-5,8-9H2,1-3H3. The number of nitrogens with one attached hydrogen (secondary N) is 1. The third kappa shape index (κ3) is 3.19. The second-order valence-corrected chi connectivity index (χ2v) is 6.40. The van der Waals surface area contributed by atoms with E-state index in [2.05, 4.69) is 55.6 Å². The maximum absolute atomic E-state index is 5.27. The van der Waals surface area contributed by atoms with Gasteiger partial charge in [0.15, 0.2) is 0 Å². The van der Waals surface area contributed by atoms with Crippen LogP contribution in [0.25, 0.3) is 5.57 Å². The molecule has 2 aromatic rings. The van der Waals surface area contributed by atoms with E-state index in [1.54, 1.807) is 18.3 Å². The molecule has 0 spiro atoms. The molecule has 1 aliphatic carbocycles. The highest BCUT2D eigenvalue weighted by molar-refractivity contribution is 5.79. The lowest BCUT2D eigenvalue weighted by Gasteiger charge is -2.20. The van der Waals surface area contributed by atoms with E-state index in [1.165, 1.54) is 24.0 Å². The largest absolute Gasteiger partial charge is 0.497 e. The molecule has 0 fully saturated rings. The minimum atomic E-state index is 0.288. The van der Waals surface area contributed by atoms with Crippen LogP contribution in [0.5, 0.6) is 5.75 Å². The Balaban J connectivity index is 1.96. The van der Waals surface area contributed by atoms with Crippen molar-refractivity contribution in [3.63, 3.8) is 0 Å². The minimum Gasteiger partial charge on any atom is -0.497 e. The Hall–Kier alpha value is -2.22. The highest BCUT2D eigenvalue weighted by atomic mass is 16.5. The van der Waals surface area contributed by atoms with E-state index >= 15 is 0 Å². The summed E-state index contributed by atoms with van der Waals surface area (Å²) in [6.45, 7) is 4.54. The monoisotopic (exact) mass is 321 g/mol. The summed E-state index contributed by atoms with van der Waals surface area (Å²) in [6, 6.07) is 17.4. The molecule has 24 heavy (non-hydrogen) atoms. The zero-order valence-electron chi connectivity index (χ0n) is 14.9. The van der Waals surface area contributed by atoms with E-state index in [0.717, 1.165) is 24.3 Å². The SMILES string of the molecule is CCCC1=C(CCC)C(Nc2ccc(OC)cc2)c2ccccc21. The molecule has 0 heterocycles. The Morgan fingerprint density at radius 1 is 0.917 bits per heavy atom.